The van der Waals surface area contributed by atoms with Gasteiger partial charge in [-0.3, -0.25) is 9.78 Å². The highest BCUT2D eigenvalue weighted by Crippen LogP contribution is 2.37. The van der Waals surface area contributed by atoms with E-state index in [1.165, 1.54) is 0 Å². The number of Topliss-reactive ketones (excluding diaryl/α,β-unsaturated/α-hetero) is 1. The number of nitrogens with zero attached hydrogens (tertiary/aromatic N) is 1. The van der Waals surface area contributed by atoms with Gasteiger partial charge in [0.25, 0.3) is 0 Å². The van der Waals surface area contributed by atoms with Crippen LogP contribution in [0.2, 0.25) is 5.02 Å². The predicted octanol–water partition coefficient (Wildman–Crippen LogP) is 3.04. The highest BCUT2D eigenvalue weighted by atomic mass is 35.5. The van der Waals surface area contributed by atoms with Gasteiger partial charge in [0, 0.05) is 18.8 Å². The molecule has 0 saturated heterocycles. The minimum atomic E-state index is -5.90. The Bertz CT molecular complexity index is 432. The summed E-state index contributed by atoms with van der Waals surface area (Å²) in [5, 5.41) is -0.140. The van der Waals surface area contributed by atoms with E-state index in [9.17, 15) is 26.7 Å². The molecule has 0 aromatic carbocycles. The van der Waals surface area contributed by atoms with E-state index < -0.39 is 24.3 Å². The Morgan fingerprint density at radius 2 is 1.88 bits per heavy atom. The summed E-state index contributed by atoms with van der Waals surface area (Å²) in [6.07, 6.45) is -4.81. The first-order chi connectivity index (χ1) is 7.66. The lowest BCUT2D eigenvalue weighted by atomic mass is 10.1. The van der Waals surface area contributed by atoms with Crippen LogP contribution in [0, 0.1) is 0 Å². The summed E-state index contributed by atoms with van der Waals surface area (Å²) in [5.74, 6) is -7.63. The molecule has 8 heteroatoms. The standard InChI is InChI=1S/C9H5ClF5NO/c10-6-4-16-2-1-5(6)3-7(17)8(11,12)9(13,14)15/h1-2,4H,3H2. The minimum absolute atomic E-state index is 0.129. The van der Waals surface area contributed by atoms with E-state index in [2.05, 4.69) is 4.98 Å². The molecular formula is C9H5ClF5NO. The third-order valence-electron chi connectivity index (χ3n) is 1.91. The number of aromatic nitrogens is 1. The molecule has 0 aliphatic carbocycles. The quantitative estimate of drug-likeness (QED) is 0.792. The first-order valence-electron chi connectivity index (χ1n) is 4.22. The van der Waals surface area contributed by atoms with Crippen LogP contribution < -0.4 is 0 Å². The third kappa shape index (κ3) is 2.91. The van der Waals surface area contributed by atoms with Crippen LogP contribution in [0.25, 0.3) is 0 Å². The molecule has 94 valence electrons. The SMILES string of the molecule is O=C(Cc1ccncc1Cl)C(F)(F)C(F)(F)F. The summed E-state index contributed by atoms with van der Waals surface area (Å²) in [6.45, 7) is 0. The molecule has 0 fully saturated rings. The van der Waals surface area contributed by atoms with Gasteiger partial charge in [-0.05, 0) is 11.6 Å². The average molecular weight is 274 g/mol. The van der Waals surface area contributed by atoms with E-state index in [1.807, 2.05) is 0 Å². The molecule has 0 aliphatic heterocycles. The molecule has 0 N–H and O–H groups in total. The molecule has 0 unspecified atom stereocenters. The molecule has 0 spiro atoms. The number of rotatable bonds is 3. The van der Waals surface area contributed by atoms with Gasteiger partial charge >= 0.3 is 12.1 Å². The summed E-state index contributed by atoms with van der Waals surface area (Å²) in [5.41, 5.74) is -0.129. The van der Waals surface area contributed by atoms with Gasteiger partial charge in [0.15, 0.2) is 0 Å². The van der Waals surface area contributed by atoms with Crippen LogP contribution in [0.5, 0.6) is 0 Å². The smallest absolute Gasteiger partial charge is 0.292 e. The fourth-order valence-corrected chi connectivity index (χ4v) is 1.18. The average Bonchev–Trinajstić information content (AvgIpc) is 2.19. The van der Waals surface area contributed by atoms with Gasteiger partial charge in [0.2, 0.25) is 5.78 Å². The lowest BCUT2D eigenvalue weighted by Crippen LogP contribution is -2.44. The molecule has 0 bridgehead atoms. The van der Waals surface area contributed by atoms with Crippen molar-refractivity contribution in [2.45, 2.75) is 18.5 Å². The van der Waals surface area contributed by atoms with Crippen LogP contribution in [0.4, 0.5) is 22.0 Å². The van der Waals surface area contributed by atoms with Crippen LogP contribution in [0.1, 0.15) is 5.56 Å². The van der Waals surface area contributed by atoms with Gasteiger partial charge in [-0.1, -0.05) is 11.6 Å². The van der Waals surface area contributed by atoms with E-state index in [1.54, 1.807) is 0 Å². The summed E-state index contributed by atoms with van der Waals surface area (Å²) in [6, 6.07) is 1.10. The van der Waals surface area contributed by atoms with Gasteiger partial charge < -0.3 is 0 Å². The monoisotopic (exact) mass is 273 g/mol. The van der Waals surface area contributed by atoms with Crippen molar-refractivity contribution in [3.05, 3.63) is 29.0 Å². The minimum Gasteiger partial charge on any atom is -0.292 e. The number of halogens is 6. The predicted molar refractivity (Wildman–Crippen MR) is 49.0 cm³/mol. The lowest BCUT2D eigenvalue weighted by Gasteiger charge is -2.18. The molecule has 0 amide bonds. The maximum absolute atomic E-state index is 12.6. The summed E-state index contributed by atoms with van der Waals surface area (Å²) in [4.78, 5) is 14.4. The van der Waals surface area contributed by atoms with Crippen LogP contribution in [0.15, 0.2) is 18.5 Å². The van der Waals surface area contributed by atoms with E-state index in [4.69, 9.17) is 11.6 Å². The van der Waals surface area contributed by atoms with E-state index in [0.29, 0.717) is 0 Å². The molecule has 0 radical (unpaired) electrons. The zero-order chi connectivity index (χ0) is 13.3. The molecular weight excluding hydrogens is 269 g/mol. The first kappa shape index (κ1) is 13.8. The van der Waals surface area contributed by atoms with Crippen molar-refractivity contribution in [3.63, 3.8) is 0 Å². The van der Waals surface area contributed by atoms with Crippen LogP contribution in [-0.2, 0) is 11.2 Å². The van der Waals surface area contributed by atoms with Gasteiger partial charge in [0.05, 0.1) is 5.02 Å². The van der Waals surface area contributed by atoms with Gasteiger partial charge in [-0.2, -0.15) is 22.0 Å². The van der Waals surface area contributed by atoms with Crippen molar-refractivity contribution in [3.8, 4) is 0 Å². The Morgan fingerprint density at radius 3 is 2.35 bits per heavy atom. The van der Waals surface area contributed by atoms with Crippen molar-refractivity contribution in [2.75, 3.05) is 0 Å². The lowest BCUT2D eigenvalue weighted by molar-refractivity contribution is -0.268. The molecule has 17 heavy (non-hydrogen) atoms. The van der Waals surface area contributed by atoms with E-state index >= 15 is 0 Å². The second-order valence-electron chi connectivity index (χ2n) is 3.14. The van der Waals surface area contributed by atoms with Crippen LogP contribution in [0.3, 0.4) is 0 Å². The molecule has 2 nitrogen and oxygen atoms in total. The van der Waals surface area contributed by atoms with Crippen molar-refractivity contribution >= 4 is 17.4 Å². The molecule has 0 saturated carbocycles. The number of ketones is 1. The van der Waals surface area contributed by atoms with Gasteiger partial charge in [-0.15, -0.1) is 0 Å². The summed E-state index contributed by atoms with van der Waals surface area (Å²) in [7, 11) is 0. The Kier molecular flexibility index (Phi) is 3.71. The highest BCUT2D eigenvalue weighted by molar-refractivity contribution is 6.31. The zero-order valence-electron chi connectivity index (χ0n) is 8.06. The van der Waals surface area contributed by atoms with Crippen molar-refractivity contribution < 1.29 is 26.7 Å². The zero-order valence-corrected chi connectivity index (χ0v) is 8.82. The maximum atomic E-state index is 12.6. The Labute approximate surface area is 97.4 Å². The molecule has 1 aromatic rings. The molecule has 0 aliphatic rings. The summed E-state index contributed by atoms with van der Waals surface area (Å²) < 4.78 is 60.8. The van der Waals surface area contributed by atoms with Crippen LogP contribution >= 0.6 is 11.6 Å². The van der Waals surface area contributed by atoms with Gasteiger partial charge in [0.1, 0.15) is 0 Å². The second kappa shape index (κ2) is 4.56. The third-order valence-corrected chi connectivity index (χ3v) is 2.25. The second-order valence-corrected chi connectivity index (χ2v) is 3.55. The number of alkyl halides is 5. The largest absolute Gasteiger partial charge is 0.461 e. The topological polar surface area (TPSA) is 30.0 Å². The number of hydrogen-bond donors (Lipinski definition) is 0. The maximum Gasteiger partial charge on any atom is 0.461 e. The fourth-order valence-electron chi connectivity index (χ4n) is 0.989. The number of carbonyl (C=O) groups is 1. The molecule has 1 rings (SSSR count). The molecule has 1 heterocycles. The van der Waals surface area contributed by atoms with E-state index in [-0.39, 0.29) is 10.6 Å². The van der Waals surface area contributed by atoms with Crippen molar-refractivity contribution in [2.24, 2.45) is 0 Å². The number of carbonyl (C=O) groups excluding carboxylic acids is 1. The summed E-state index contributed by atoms with van der Waals surface area (Å²) >= 11 is 5.49. The van der Waals surface area contributed by atoms with Gasteiger partial charge in [-0.25, -0.2) is 0 Å². The normalized spacial score (nSPS) is 12.6. The van der Waals surface area contributed by atoms with Crippen LogP contribution in [-0.4, -0.2) is 22.9 Å². The number of hydrogen-bond acceptors (Lipinski definition) is 2. The van der Waals surface area contributed by atoms with E-state index in [0.717, 1.165) is 18.5 Å². The fraction of sp³-hybridized carbons (Fsp3) is 0.333. The Morgan fingerprint density at radius 1 is 1.29 bits per heavy atom. The molecule has 1 aromatic heterocycles. The highest BCUT2D eigenvalue weighted by Gasteiger charge is 2.62. The Hall–Kier alpha value is -1.24. The first-order valence-corrected chi connectivity index (χ1v) is 4.60. The Balaban J connectivity index is 2.91. The number of pyridine rings is 1. The van der Waals surface area contributed by atoms with Crippen molar-refractivity contribution in [1.82, 2.24) is 4.98 Å². The van der Waals surface area contributed by atoms with Crippen molar-refractivity contribution in [1.29, 1.82) is 0 Å². The molecule has 0 atom stereocenters.